The highest BCUT2D eigenvalue weighted by atomic mass is 16.3. The van der Waals surface area contributed by atoms with Gasteiger partial charge < -0.3 is 5.11 Å². The average molecular weight is 423 g/mol. The van der Waals surface area contributed by atoms with E-state index in [0.717, 1.165) is 16.7 Å². The van der Waals surface area contributed by atoms with Crippen LogP contribution in [0.4, 0.5) is 0 Å². The molecule has 2 unspecified atom stereocenters. The summed E-state index contributed by atoms with van der Waals surface area (Å²) in [5.41, 5.74) is 2.54. The summed E-state index contributed by atoms with van der Waals surface area (Å²) in [4.78, 5) is 13.6. The van der Waals surface area contributed by atoms with Crippen molar-refractivity contribution in [2.24, 2.45) is 5.41 Å². The van der Waals surface area contributed by atoms with Crippen molar-refractivity contribution >= 4 is 17.9 Å². The fraction of sp³-hybridized carbons (Fsp3) is 0.233. The van der Waals surface area contributed by atoms with Crippen molar-refractivity contribution in [2.75, 3.05) is 0 Å². The quantitative estimate of drug-likeness (QED) is 0.461. The first-order chi connectivity index (χ1) is 15.7. The number of carbonyl (C=O) groups is 1. The van der Waals surface area contributed by atoms with Gasteiger partial charge in [-0.3, -0.25) is 4.79 Å². The third kappa shape index (κ3) is 5.15. The number of hydrogen-bond donors (Lipinski definition) is 1. The van der Waals surface area contributed by atoms with Gasteiger partial charge in [0.2, 0.25) is 0 Å². The van der Waals surface area contributed by atoms with Crippen LogP contribution in [0.3, 0.4) is 0 Å². The first kappa shape index (κ1) is 22.0. The number of hydrogen-bond acceptors (Lipinski definition) is 2. The Bertz CT molecular complexity index is 1000. The molecule has 0 heterocycles. The zero-order valence-corrected chi connectivity index (χ0v) is 18.3. The summed E-state index contributed by atoms with van der Waals surface area (Å²) in [5.74, 6) is 0.226. The van der Waals surface area contributed by atoms with Crippen LogP contribution in [0.1, 0.15) is 48.3 Å². The van der Waals surface area contributed by atoms with E-state index in [1.54, 1.807) is 0 Å². The molecule has 1 aliphatic rings. The normalized spacial score (nSPS) is 23.7. The maximum atomic E-state index is 13.6. The summed E-state index contributed by atoms with van der Waals surface area (Å²) in [7, 11) is 0. The molecule has 0 spiro atoms. The monoisotopic (exact) mass is 422 g/mol. The second-order valence-corrected chi connectivity index (χ2v) is 8.68. The van der Waals surface area contributed by atoms with E-state index in [4.69, 9.17) is 0 Å². The van der Waals surface area contributed by atoms with E-state index in [2.05, 4.69) is 24.3 Å². The van der Waals surface area contributed by atoms with Gasteiger partial charge in [0.25, 0.3) is 0 Å². The predicted molar refractivity (Wildman–Crippen MR) is 132 cm³/mol. The zero-order valence-electron chi connectivity index (χ0n) is 18.3. The van der Waals surface area contributed by atoms with Gasteiger partial charge in [0.15, 0.2) is 0 Å². The number of benzene rings is 3. The lowest BCUT2D eigenvalue weighted by molar-refractivity contribution is -0.140. The van der Waals surface area contributed by atoms with Crippen molar-refractivity contribution < 1.29 is 9.90 Å². The number of aliphatic hydroxyl groups excluding tert-OH is 1. The molecule has 1 aliphatic carbocycles. The Morgan fingerprint density at radius 3 is 1.69 bits per heavy atom. The minimum Gasteiger partial charge on any atom is -0.392 e. The Morgan fingerprint density at radius 2 is 1.22 bits per heavy atom. The van der Waals surface area contributed by atoms with Gasteiger partial charge in [0.1, 0.15) is 5.78 Å². The zero-order chi connectivity index (χ0) is 22.2. The first-order valence-electron chi connectivity index (χ1n) is 11.4. The van der Waals surface area contributed by atoms with Crippen LogP contribution in [0.25, 0.3) is 12.2 Å². The number of aliphatic hydroxyl groups is 1. The summed E-state index contributed by atoms with van der Waals surface area (Å²) < 4.78 is 0. The van der Waals surface area contributed by atoms with Gasteiger partial charge in [-0.2, -0.15) is 0 Å². The average Bonchev–Trinajstić information content (AvgIpc) is 2.84. The maximum Gasteiger partial charge on any atom is 0.142 e. The summed E-state index contributed by atoms with van der Waals surface area (Å²) in [6.07, 6.45) is 9.65. The van der Waals surface area contributed by atoms with Crippen LogP contribution >= 0.6 is 0 Å². The number of rotatable bonds is 7. The molecule has 3 aromatic rings. The lowest BCUT2D eigenvalue weighted by Crippen LogP contribution is -2.47. The van der Waals surface area contributed by atoms with E-state index in [-0.39, 0.29) is 11.7 Å². The van der Waals surface area contributed by atoms with Crippen LogP contribution in [-0.4, -0.2) is 17.0 Å². The molecule has 4 rings (SSSR count). The minimum absolute atomic E-state index is 0.0723. The van der Waals surface area contributed by atoms with Crippen LogP contribution < -0.4 is 0 Å². The number of ketones is 1. The summed E-state index contributed by atoms with van der Waals surface area (Å²) in [6, 6.07) is 30.3. The molecule has 1 saturated carbocycles. The third-order valence-corrected chi connectivity index (χ3v) is 6.59. The number of carbonyl (C=O) groups excluding carboxylic acids is 1. The van der Waals surface area contributed by atoms with Crippen LogP contribution in [0.15, 0.2) is 103 Å². The molecule has 3 aromatic carbocycles. The Labute approximate surface area is 190 Å². The fourth-order valence-corrected chi connectivity index (χ4v) is 4.69. The smallest absolute Gasteiger partial charge is 0.142 e. The van der Waals surface area contributed by atoms with Crippen LogP contribution in [0.2, 0.25) is 0 Å². The molecular weight excluding hydrogens is 392 g/mol. The Balaban J connectivity index is 1.57. The SMILES string of the molecule is O=C1CC(c2ccccc2)CC(O)C1(CC=Cc1ccccc1)CC=Cc1ccccc1. The molecule has 0 bridgehead atoms. The molecule has 1 N–H and O–H groups in total. The standard InChI is InChI=1S/C30H30O2/c31-28-22-27(26-18-8-3-9-19-26)23-29(32)30(28,20-10-16-24-12-4-1-5-13-24)21-11-17-25-14-6-2-7-15-25/h1-19,27-28,31H,20-23H2. The summed E-state index contributed by atoms with van der Waals surface area (Å²) in [5, 5.41) is 11.3. The molecule has 162 valence electrons. The van der Waals surface area contributed by atoms with Crippen LogP contribution in [-0.2, 0) is 4.79 Å². The highest BCUT2D eigenvalue weighted by molar-refractivity contribution is 5.88. The van der Waals surface area contributed by atoms with Crippen molar-refractivity contribution in [1.82, 2.24) is 0 Å². The lowest BCUT2D eigenvalue weighted by atomic mass is 9.62. The van der Waals surface area contributed by atoms with Crippen molar-refractivity contribution in [3.63, 3.8) is 0 Å². The van der Waals surface area contributed by atoms with Crippen molar-refractivity contribution in [3.8, 4) is 0 Å². The Kier molecular flexibility index (Phi) is 7.14. The van der Waals surface area contributed by atoms with Gasteiger partial charge in [0, 0.05) is 6.42 Å². The van der Waals surface area contributed by atoms with Crippen molar-refractivity contribution in [2.45, 2.75) is 37.7 Å². The Morgan fingerprint density at radius 1 is 0.750 bits per heavy atom. The number of allylic oxidation sites excluding steroid dienone is 2. The predicted octanol–water partition coefficient (Wildman–Crippen LogP) is 6.69. The Hall–Kier alpha value is -3.23. The van der Waals surface area contributed by atoms with Gasteiger partial charge in [-0.25, -0.2) is 0 Å². The van der Waals surface area contributed by atoms with E-state index in [1.165, 1.54) is 0 Å². The second-order valence-electron chi connectivity index (χ2n) is 8.68. The molecule has 0 saturated heterocycles. The summed E-state index contributed by atoms with van der Waals surface area (Å²) in [6.45, 7) is 0. The first-order valence-corrected chi connectivity index (χ1v) is 11.4. The molecule has 0 amide bonds. The minimum atomic E-state index is -0.790. The molecule has 0 aliphatic heterocycles. The largest absolute Gasteiger partial charge is 0.392 e. The lowest BCUT2D eigenvalue weighted by Gasteiger charge is -2.42. The molecule has 0 radical (unpaired) electrons. The van der Waals surface area contributed by atoms with E-state index >= 15 is 0 Å². The third-order valence-electron chi connectivity index (χ3n) is 6.59. The van der Waals surface area contributed by atoms with E-state index in [1.807, 2.05) is 91.0 Å². The van der Waals surface area contributed by atoms with Gasteiger partial charge in [0.05, 0.1) is 11.5 Å². The molecule has 2 heteroatoms. The van der Waals surface area contributed by atoms with Gasteiger partial charge in [-0.05, 0) is 41.9 Å². The molecule has 32 heavy (non-hydrogen) atoms. The molecule has 2 nitrogen and oxygen atoms in total. The highest BCUT2D eigenvalue weighted by Gasteiger charge is 2.48. The summed E-state index contributed by atoms with van der Waals surface area (Å²) >= 11 is 0. The van der Waals surface area contributed by atoms with Crippen LogP contribution in [0, 0.1) is 5.41 Å². The molecule has 0 aromatic heterocycles. The van der Waals surface area contributed by atoms with Gasteiger partial charge in [-0.15, -0.1) is 0 Å². The fourth-order valence-electron chi connectivity index (χ4n) is 4.69. The van der Waals surface area contributed by atoms with Crippen molar-refractivity contribution in [3.05, 3.63) is 120 Å². The highest BCUT2D eigenvalue weighted by Crippen LogP contribution is 2.46. The van der Waals surface area contributed by atoms with Gasteiger partial charge >= 0.3 is 0 Å². The molecule has 2 atom stereocenters. The second kappa shape index (κ2) is 10.4. The van der Waals surface area contributed by atoms with E-state index in [0.29, 0.717) is 25.7 Å². The van der Waals surface area contributed by atoms with Crippen LogP contribution in [0.5, 0.6) is 0 Å². The molecule has 1 fully saturated rings. The van der Waals surface area contributed by atoms with Gasteiger partial charge in [-0.1, -0.05) is 115 Å². The van der Waals surface area contributed by atoms with E-state index < -0.39 is 11.5 Å². The number of Topliss-reactive ketones (excluding diaryl/α,β-unsaturated/α-hetero) is 1. The van der Waals surface area contributed by atoms with Crippen molar-refractivity contribution in [1.29, 1.82) is 0 Å². The maximum absolute atomic E-state index is 13.6. The molecular formula is C30H30O2. The topological polar surface area (TPSA) is 37.3 Å². The van der Waals surface area contributed by atoms with E-state index in [9.17, 15) is 9.90 Å².